The molecule has 0 aliphatic heterocycles. The topological polar surface area (TPSA) is 47.6 Å². The molecule has 0 fully saturated rings. The van der Waals surface area contributed by atoms with Crippen LogP contribution >= 0.6 is 0 Å². The quantitative estimate of drug-likeness (QED) is 0.934. The molecule has 0 aromatic heterocycles. The molecule has 4 nitrogen and oxygen atoms in total. The third-order valence-corrected chi connectivity index (χ3v) is 3.28. The number of anilines is 1. The average Bonchev–Trinajstić information content (AvgIpc) is 2.49. The summed E-state index contributed by atoms with van der Waals surface area (Å²) in [4.78, 5) is 12.4. The lowest BCUT2D eigenvalue weighted by molar-refractivity contribution is 0.102. The maximum Gasteiger partial charge on any atom is 0.259 e. The largest absolute Gasteiger partial charge is 0.497 e. The van der Waals surface area contributed by atoms with Crippen LogP contribution in [0, 0.1) is 13.8 Å². The summed E-state index contributed by atoms with van der Waals surface area (Å²) in [6.07, 6.45) is 0. The Morgan fingerprint density at radius 2 is 1.76 bits per heavy atom. The van der Waals surface area contributed by atoms with E-state index in [-0.39, 0.29) is 5.91 Å². The maximum atomic E-state index is 12.4. The second-order valence-corrected chi connectivity index (χ2v) is 4.84. The summed E-state index contributed by atoms with van der Waals surface area (Å²) < 4.78 is 10.4. The van der Waals surface area contributed by atoms with Gasteiger partial charge in [-0.2, -0.15) is 0 Å². The standard InChI is InChI=1S/C17H19NO3/c1-11-5-8-15(12(2)9-11)18-17(19)14-7-6-13(20-3)10-16(14)21-4/h5-10H,1-4H3,(H,18,19). The van der Waals surface area contributed by atoms with Crippen molar-refractivity contribution in [2.45, 2.75) is 13.8 Å². The summed E-state index contributed by atoms with van der Waals surface area (Å²) in [5.74, 6) is 0.924. The number of benzene rings is 2. The Kier molecular flexibility index (Phi) is 4.48. The Morgan fingerprint density at radius 1 is 1.00 bits per heavy atom. The van der Waals surface area contributed by atoms with Crippen molar-refractivity contribution in [2.24, 2.45) is 0 Å². The molecule has 2 aromatic carbocycles. The number of nitrogens with one attached hydrogen (secondary N) is 1. The second kappa shape index (κ2) is 6.31. The monoisotopic (exact) mass is 285 g/mol. The number of amides is 1. The van der Waals surface area contributed by atoms with E-state index in [0.29, 0.717) is 17.1 Å². The van der Waals surface area contributed by atoms with E-state index < -0.39 is 0 Å². The maximum absolute atomic E-state index is 12.4. The molecule has 0 heterocycles. The van der Waals surface area contributed by atoms with Crippen molar-refractivity contribution in [3.05, 3.63) is 53.1 Å². The Hall–Kier alpha value is -2.49. The number of hydrogen-bond donors (Lipinski definition) is 1. The smallest absolute Gasteiger partial charge is 0.259 e. The zero-order valence-corrected chi connectivity index (χ0v) is 12.7. The zero-order chi connectivity index (χ0) is 15.4. The number of carbonyl (C=O) groups excluding carboxylic acids is 1. The molecule has 4 heteroatoms. The van der Waals surface area contributed by atoms with E-state index in [1.54, 1.807) is 25.3 Å². The Bertz CT molecular complexity index is 665. The Morgan fingerprint density at radius 3 is 2.38 bits per heavy atom. The highest BCUT2D eigenvalue weighted by Gasteiger charge is 2.14. The van der Waals surface area contributed by atoms with Gasteiger partial charge in [-0.15, -0.1) is 0 Å². The van der Waals surface area contributed by atoms with Crippen molar-refractivity contribution >= 4 is 11.6 Å². The van der Waals surface area contributed by atoms with Gasteiger partial charge < -0.3 is 14.8 Å². The van der Waals surface area contributed by atoms with Crippen molar-refractivity contribution in [1.29, 1.82) is 0 Å². The first kappa shape index (κ1) is 14.9. The zero-order valence-electron chi connectivity index (χ0n) is 12.7. The molecule has 1 amide bonds. The minimum Gasteiger partial charge on any atom is -0.497 e. The average molecular weight is 285 g/mol. The summed E-state index contributed by atoms with van der Waals surface area (Å²) >= 11 is 0. The fourth-order valence-corrected chi connectivity index (χ4v) is 2.13. The molecule has 110 valence electrons. The van der Waals surface area contributed by atoms with Crippen molar-refractivity contribution in [3.8, 4) is 11.5 Å². The number of ether oxygens (including phenoxy) is 2. The number of carbonyl (C=O) groups is 1. The summed E-state index contributed by atoms with van der Waals surface area (Å²) in [5.41, 5.74) is 3.45. The lowest BCUT2D eigenvalue weighted by Crippen LogP contribution is -2.14. The molecule has 0 saturated heterocycles. The van der Waals surface area contributed by atoms with Crippen LogP contribution < -0.4 is 14.8 Å². The van der Waals surface area contributed by atoms with E-state index >= 15 is 0 Å². The first-order chi connectivity index (χ1) is 10.0. The van der Waals surface area contributed by atoms with E-state index in [1.807, 2.05) is 32.0 Å². The summed E-state index contributed by atoms with van der Waals surface area (Å²) in [6.45, 7) is 3.99. The van der Waals surface area contributed by atoms with Gasteiger partial charge in [0.05, 0.1) is 19.8 Å². The molecule has 0 spiro atoms. The fraction of sp³-hybridized carbons (Fsp3) is 0.235. The van der Waals surface area contributed by atoms with E-state index in [0.717, 1.165) is 16.8 Å². The molecule has 0 unspecified atom stereocenters. The van der Waals surface area contributed by atoms with Gasteiger partial charge in [-0.1, -0.05) is 17.7 Å². The lowest BCUT2D eigenvalue weighted by Gasteiger charge is -2.12. The van der Waals surface area contributed by atoms with Gasteiger partial charge in [0.2, 0.25) is 0 Å². The highest BCUT2D eigenvalue weighted by Crippen LogP contribution is 2.26. The third-order valence-electron chi connectivity index (χ3n) is 3.28. The van der Waals surface area contributed by atoms with Crippen LogP contribution in [0.1, 0.15) is 21.5 Å². The van der Waals surface area contributed by atoms with E-state index in [2.05, 4.69) is 5.32 Å². The fourth-order valence-electron chi connectivity index (χ4n) is 2.13. The van der Waals surface area contributed by atoms with Crippen LogP contribution in [-0.4, -0.2) is 20.1 Å². The molecule has 21 heavy (non-hydrogen) atoms. The van der Waals surface area contributed by atoms with Crippen LogP contribution in [0.25, 0.3) is 0 Å². The van der Waals surface area contributed by atoms with Gasteiger partial charge in [-0.25, -0.2) is 0 Å². The van der Waals surface area contributed by atoms with Crippen LogP contribution in [0.15, 0.2) is 36.4 Å². The summed E-state index contributed by atoms with van der Waals surface area (Å²) in [5, 5.41) is 2.91. The molecular weight excluding hydrogens is 266 g/mol. The SMILES string of the molecule is COc1ccc(C(=O)Nc2ccc(C)cc2C)c(OC)c1. The molecule has 0 aliphatic rings. The van der Waals surface area contributed by atoms with Gasteiger partial charge in [0.1, 0.15) is 11.5 Å². The van der Waals surface area contributed by atoms with Crippen LogP contribution in [0.3, 0.4) is 0 Å². The van der Waals surface area contributed by atoms with E-state index in [1.165, 1.54) is 7.11 Å². The molecule has 0 radical (unpaired) electrons. The van der Waals surface area contributed by atoms with Crippen LogP contribution in [0.4, 0.5) is 5.69 Å². The molecule has 0 atom stereocenters. The van der Waals surface area contributed by atoms with Crippen molar-refractivity contribution in [3.63, 3.8) is 0 Å². The molecule has 1 N–H and O–H groups in total. The van der Waals surface area contributed by atoms with Crippen LogP contribution in [-0.2, 0) is 0 Å². The molecule has 2 rings (SSSR count). The normalized spacial score (nSPS) is 10.1. The van der Waals surface area contributed by atoms with Gasteiger partial charge in [0, 0.05) is 11.8 Å². The minimum absolute atomic E-state index is 0.207. The van der Waals surface area contributed by atoms with E-state index in [4.69, 9.17) is 9.47 Å². The molecule has 2 aromatic rings. The van der Waals surface area contributed by atoms with E-state index in [9.17, 15) is 4.79 Å². The van der Waals surface area contributed by atoms with Crippen molar-refractivity contribution in [2.75, 3.05) is 19.5 Å². The third kappa shape index (κ3) is 3.34. The highest BCUT2D eigenvalue weighted by molar-refractivity contribution is 6.06. The summed E-state index contributed by atoms with van der Waals surface area (Å²) in [7, 11) is 3.10. The molecule has 0 aliphatic carbocycles. The highest BCUT2D eigenvalue weighted by atomic mass is 16.5. The number of rotatable bonds is 4. The Labute approximate surface area is 124 Å². The van der Waals surface area contributed by atoms with Crippen molar-refractivity contribution < 1.29 is 14.3 Å². The molecule has 0 saturated carbocycles. The van der Waals surface area contributed by atoms with Gasteiger partial charge in [-0.3, -0.25) is 4.79 Å². The lowest BCUT2D eigenvalue weighted by atomic mass is 10.1. The van der Waals surface area contributed by atoms with Crippen LogP contribution in [0.2, 0.25) is 0 Å². The minimum atomic E-state index is -0.207. The predicted octanol–water partition coefficient (Wildman–Crippen LogP) is 3.57. The molecular formula is C17H19NO3. The second-order valence-electron chi connectivity index (χ2n) is 4.84. The Balaban J connectivity index is 2.28. The first-order valence-corrected chi connectivity index (χ1v) is 6.65. The number of methoxy groups -OCH3 is 2. The predicted molar refractivity (Wildman–Crippen MR) is 83.4 cm³/mol. The molecule has 0 bridgehead atoms. The van der Waals surface area contributed by atoms with Crippen LogP contribution in [0.5, 0.6) is 11.5 Å². The first-order valence-electron chi connectivity index (χ1n) is 6.65. The van der Waals surface area contributed by atoms with Gasteiger partial charge in [0.15, 0.2) is 0 Å². The van der Waals surface area contributed by atoms with Crippen molar-refractivity contribution in [1.82, 2.24) is 0 Å². The number of hydrogen-bond acceptors (Lipinski definition) is 3. The van der Waals surface area contributed by atoms with Gasteiger partial charge in [0.25, 0.3) is 5.91 Å². The number of aryl methyl sites for hydroxylation is 2. The van der Waals surface area contributed by atoms with Gasteiger partial charge in [-0.05, 0) is 37.6 Å². The summed E-state index contributed by atoms with van der Waals surface area (Å²) in [6, 6.07) is 11.0. The van der Waals surface area contributed by atoms with Gasteiger partial charge >= 0.3 is 0 Å².